The van der Waals surface area contributed by atoms with Gasteiger partial charge in [0.05, 0.1) is 4.99 Å². The maximum atomic E-state index is 5.62. The average molecular weight is 248 g/mol. The first kappa shape index (κ1) is 12.4. The van der Waals surface area contributed by atoms with Crippen LogP contribution in [0.15, 0.2) is 30.3 Å². The van der Waals surface area contributed by atoms with Crippen LogP contribution in [0.25, 0.3) is 0 Å². The summed E-state index contributed by atoms with van der Waals surface area (Å²) in [7, 11) is 0. The third-order valence-electron chi connectivity index (χ3n) is 3.45. The van der Waals surface area contributed by atoms with Gasteiger partial charge < -0.3 is 10.6 Å². The van der Waals surface area contributed by atoms with E-state index >= 15 is 0 Å². The van der Waals surface area contributed by atoms with Gasteiger partial charge in [0, 0.05) is 24.7 Å². The van der Waals surface area contributed by atoms with Crippen molar-refractivity contribution in [2.75, 3.05) is 11.4 Å². The monoisotopic (exact) mass is 248 g/mol. The Balaban J connectivity index is 2.08. The lowest BCUT2D eigenvalue weighted by Gasteiger charge is -2.31. The molecule has 2 nitrogen and oxygen atoms in total. The number of anilines is 1. The van der Waals surface area contributed by atoms with Gasteiger partial charge in [-0.1, -0.05) is 43.3 Å². The third kappa shape index (κ3) is 3.43. The Labute approximate surface area is 109 Å². The van der Waals surface area contributed by atoms with Crippen molar-refractivity contribution >= 4 is 22.9 Å². The van der Waals surface area contributed by atoms with Crippen LogP contribution in [-0.2, 0) is 0 Å². The molecule has 1 aliphatic carbocycles. The normalized spacial score (nSPS) is 16.0. The highest BCUT2D eigenvalue weighted by Crippen LogP contribution is 2.28. The second-order valence-corrected chi connectivity index (χ2v) is 5.21. The second kappa shape index (κ2) is 6.01. The lowest BCUT2D eigenvalue weighted by atomic mass is 10.1. The molecule has 1 aromatic rings. The van der Waals surface area contributed by atoms with Crippen LogP contribution in [0.3, 0.4) is 0 Å². The summed E-state index contributed by atoms with van der Waals surface area (Å²) in [5.41, 5.74) is 6.92. The molecule has 0 heterocycles. The predicted molar refractivity (Wildman–Crippen MR) is 77.4 cm³/mol. The van der Waals surface area contributed by atoms with Crippen LogP contribution in [0.2, 0.25) is 0 Å². The average Bonchev–Trinajstić information content (AvgIpc) is 2.84. The molecule has 92 valence electrons. The first-order valence-corrected chi connectivity index (χ1v) is 6.78. The molecule has 0 aliphatic heterocycles. The first-order valence-electron chi connectivity index (χ1n) is 6.37. The highest BCUT2D eigenvalue weighted by Gasteiger charge is 2.22. The van der Waals surface area contributed by atoms with Crippen LogP contribution in [0.1, 0.15) is 32.1 Å². The minimum absolute atomic E-state index is 0.615. The summed E-state index contributed by atoms with van der Waals surface area (Å²) in [6.45, 7) is 0.948. The molecule has 1 fully saturated rings. The van der Waals surface area contributed by atoms with Gasteiger partial charge in [0.1, 0.15) is 0 Å². The SMILES string of the molecule is NC(=S)CCN(c1ccccc1)C1CCCC1. The van der Waals surface area contributed by atoms with Crippen molar-refractivity contribution in [3.63, 3.8) is 0 Å². The minimum Gasteiger partial charge on any atom is -0.393 e. The van der Waals surface area contributed by atoms with Gasteiger partial charge in [0.25, 0.3) is 0 Å². The van der Waals surface area contributed by atoms with E-state index in [0.717, 1.165) is 13.0 Å². The molecule has 1 aromatic carbocycles. The van der Waals surface area contributed by atoms with Crippen LogP contribution in [0.4, 0.5) is 5.69 Å². The molecule has 0 amide bonds. The van der Waals surface area contributed by atoms with Crippen molar-refractivity contribution in [2.24, 2.45) is 5.73 Å². The highest BCUT2D eigenvalue weighted by molar-refractivity contribution is 7.80. The molecule has 0 atom stereocenters. The lowest BCUT2D eigenvalue weighted by Crippen LogP contribution is -2.35. The van der Waals surface area contributed by atoms with Crippen molar-refractivity contribution in [3.05, 3.63) is 30.3 Å². The Hall–Kier alpha value is -1.09. The zero-order valence-electron chi connectivity index (χ0n) is 10.1. The van der Waals surface area contributed by atoms with E-state index in [0.29, 0.717) is 11.0 Å². The van der Waals surface area contributed by atoms with Crippen molar-refractivity contribution in [2.45, 2.75) is 38.1 Å². The first-order chi connectivity index (χ1) is 8.27. The number of hydrogen-bond donors (Lipinski definition) is 1. The van der Waals surface area contributed by atoms with Gasteiger partial charge in [-0.05, 0) is 25.0 Å². The van der Waals surface area contributed by atoms with E-state index in [9.17, 15) is 0 Å². The van der Waals surface area contributed by atoms with E-state index < -0.39 is 0 Å². The van der Waals surface area contributed by atoms with Crippen molar-refractivity contribution in [1.82, 2.24) is 0 Å². The Morgan fingerprint density at radius 2 is 1.88 bits per heavy atom. The minimum atomic E-state index is 0.615. The number of rotatable bonds is 5. The summed E-state index contributed by atoms with van der Waals surface area (Å²) in [6, 6.07) is 11.3. The molecular weight excluding hydrogens is 228 g/mol. The lowest BCUT2D eigenvalue weighted by molar-refractivity contribution is 0.612. The van der Waals surface area contributed by atoms with E-state index in [4.69, 9.17) is 18.0 Å². The summed E-state index contributed by atoms with van der Waals surface area (Å²) in [5.74, 6) is 0. The molecule has 0 radical (unpaired) electrons. The number of para-hydroxylation sites is 1. The standard InChI is InChI=1S/C14H20N2S/c15-14(17)10-11-16(13-8-4-5-9-13)12-6-2-1-3-7-12/h1-3,6-7,13H,4-5,8-11H2,(H2,15,17). The van der Waals surface area contributed by atoms with E-state index in [1.54, 1.807) is 0 Å². The smallest absolute Gasteiger partial charge is 0.0745 e. The Morgan fingerprint density at radius 1 is 1.24 bits per heavy atom. The third-order valence-corrected chi connectivity index (χ3v) is 3.66. The van der Waals surface area contributed by atoms with Crippen LogP contribution >= 0.6 is 12.2 Å². The molecule has 1 aliphatic rings. The van der Waals surface area contributed by atoms with Gasteiger partial charge in [-0.25, -0.2) is 0 Å². The fraction of sp³-hybridized carbons (Fsp3) is 0.500. The molecule has 3 heteroatoms. The molecule has 0 unspecified atom stereocenters. The number of benzene rings is 1. The molecule has 17 heavy (non-hydrogen) atoms. The molecule has 0 aromatic heterocycles. The summed E-state index contributed by atoms with van der Waals surface area (Å²) < 4.78 is 0. The maximum Gasteiger partial charge on any atom is 0.0745 e. The molecular formula is C14H20N2S. The van der Waals surface area contributed by atoms with E-state index in [-0.39, 0.29) is 0 Å². The zero-order chi connectivity index (χ0) is 12.1. The summed E-state index contributed by atoms with van der Waals surface area (Å²) in [4.78, 5) is 3.09. The van der Waals surface area contributed by atoms with Gasteiger partial charge in [-0.2, -0.15) is 0 Å². The van der Waals surface area contributed by atoms with Crippen LogP contribution in [0, 0.1) is 0 Å². The number of nitrogens with zero attached hydrogens (tertiary/aromatic N) is 1. The summed E-state index contributed by atoms with van der Waals surface area (Å²) in [5, 5.41) is 0. The maximum absolute atomic E-state index is 5.62. The van der Waals surface area contributed by atoms with Gasteiger partial charge in [0.2, 0.25) is 0 Å². The molecule has 0 saturated heterocycles. The molecule has 1 saturated carbocycles. The molecule has 2 N–H and O–H groups in total. The van der Waals surface area contributed by atoms with Crippen LogP contribution < -0.4 is 10.6 Å². The summed E-state index contributed by atoms with van der Waals surface area (Å²) >= 11 is 4.99. The quantitative estimate of drug-likeness (QED) is 0.812. The fourth-order valence-corrected chi connectivity index (χ4v) is 2.68. The van der Waals surface area contributed by atoms with Crippen LogP contribution in [0.5, 0.6) is 0 Å². The topological polar surface area (TPSA) is 29.3 Å². The van der Waals surface area contributed by atoms with Crippen LogP contribution in [-0.4, -0.2) is 17.6 Å². The Morgan fingerprint density at radius 3 is 2.47 bits per heavy atom. The second-order valence-electron chi connectivity index (χ2n) is 4.68. The predicted octanol–water partition coefficient (Wildman–Crippen LogP) is 3.11. The molecule has 0 bridgehead atoms. The Kier molecular flexibility index (Phi) is 4.37. The number of nitrogens with two attached hydrogens (primary N) is 1. The molecule has 0 spiro atoms. The van der Waals surface area contributed by atoms with E-state index in [1.165, 1.54) is 31.4 Å². The zero-order valence-corrected chi connectivity index (χ0v) is 11.0. The van der Waals surface area contributed by atoms with Gasteiger partial charge in [-0.3, -0.25) is 0 Å². The summed E-state index contributed by atoms with van der Waals surface area (Å²) in [6.07, 6.45) is 6.10. The fourth-order valence-electron chi connectivity index (χ4n) is 2.59. The molecule has 2 rings (SSSR count). The van der Waals surface area contributed by atoms with Gasteiger partial charge >= 0.3 is 0 Å². The number of hydrogen-bond acceptors (Lipinski definition) is 2. The van der Waals surface area contributed by atoms with E-state index in [1.807, 2.05) is 0 Å². The number of thiocarbonyl (C=S) groups is 1. The van der Waals surface area contributed by atoms with Gasteiger partial charge in [-0.15, -0.1) is 0 Å². The van der Waals surface area contributed by atoms with Crippen molar-refractivity contribution in [1.29, 1.82) is 0 Å². The largest absolute Gasteiger partial charge is 0.393 e. The van der Waals surface area contributed by atoms with E-state index in [2.05, 4.69) is 35.2 Å². The Bertz CT molecular complexity index is 358. The highest BCUT2D eigenvalue weighted by atomic mass is 32.1. The van der Waals surface area contributed by atoms with Crippen molar-refractivity contribution < 1.29 is 0 Å². The van der Waals surface area contributed by atoms with Gasteiger partial charge in [0.15, 0.2) is 0 Å². The van der Waals surface area contributed by atoms with Crippen molar-refractivity contribution in [3.8, 4) is 0 Å².